The first-order valence-electron chi connectivity index (χ1n) is 11.4. The fraction of sp³-hybridized carbons (Fsp3) is 0.214. The molecule has 35 heavy (non-hydrogen) atoms. The van der Waals surface area contributed by atoms with Crippen LogP contribution in [0.5, 0.6) is 5.75 Å². The predicted octanol–water partition coefficient (Wildman–Crippen LogP) is 4.62. The summed E-state index contributed by atoms with van der Waals surface area (Å²) in [4.78, 5) is 30.4. The summed E-state index contributed by atoms with van der Waals surface area (Å²) in [6, 6.07) is 20.3. The van der Waals surface area contributed by atoms with Gasteiger partial charge in [0.15, 0.2) is 5.43 Å². The Morgan fingerprint density at radius 3 is 2.46 bits per heavy atom. The van der Waals surface area contributed by atoms with E-state index in [1.165, 1.54) is 12.1 Å². The molecule has 0 N–H and O–H groups in total. The van der Waals surface area contributed by atoms with Gasteiger partial charge in [-0.3, -0.25) is 9.59 Å². The van der Waals surface area contributed by atoms with Crippen LogP contribution in [0.3, 0.4) is 0 Å². The van der Waals surface area contributed by atoms with E-state index in [-0.39, 0.29) is 28.2 Å². The highest BCUT2D eigenvalue weighted by Crippen LogP contribution is 2.38. The molecule has 0 fully saturated rings. The summed E-state index contributed by atoms with van der Waals surface area (Å²) < 4.78 is 25.7. The molecule has 1 aromatic heterocycles. The molecule has 1 atom stereocenters. The lowest BCUT2D eigenvalue weighted by Crippen LogP contribution is -2.35. The third-order valence-corrected chi connectivity index (χ3v) is 6.16. The number of rotatable bonds is 7. The van der Waals surface area contributed by atoms with E-state index in [0.29, 0.717) is 25.4 Å². The molecule has 0 bridgehead atoms. The third kappa shape index (κ3) is 4.42. The van der Waals surface area contributed by atoms with E-state index in [1.807, 2.05) is 73.6 Å². The Hall–Kier alpha value is -3.97. The van der Waals surface area contributed by atoms with Crippen LogP contribution in [0.25, 0.3) is 11.0 Å². The molecule has 0 aliphatic carbocycles. The van der Waals surface area contributed by atoms with E-state index in [4.69, 9.17) is 9.15 Å². The van der Waals surface area contributed by atoms with Crippen molar-refractivity contribution < 1.29 is 18.3 Å². The second-order valence-electron chi connectivity index (χ2n) is 8.86. The standard InChI is InChI=1S/C28H25FN2O4/c1-30(2)14-15-31-25(19-8-11-21(12-9-19)34-17-18-6-4-3-5-7-18)24-26(32)22-16-20(29)10-13-23(22)35-27(24)28(31)33/h3-13,16,25H,14-15,17H2,1-2H3. The van der Waals surface area contributed by atoms with Crippen LogP contribution in [-0.2, 0) is 6.61 Å². The SMILES string of the molecule is CN(C)CCN1C(=O)c2oc3ccc(F)cc3c(=O)c2C1c1ccc(OCc2ccccc2)cc1. The fourth-order valence-electron chi connectivity index (χ4n) is 4.36. The monoisotopic (exact) mass is 472 g/mol. The molecule has 7 heteroatoms. The Morgan fingerprint density at radius 2 is 1.74 bits per heavy atom. The molecule has 0 radical (unpaired) electrons. The van der Waals surface area contributed by atoms with Crippen molar-refractivity contribution in [2.45, 2.75) is 12.6 Å². The average Bonchev–Trinajstić information content (AvgIpc) is 3.14. The van der Waals surface area contributed by atoms with Crippen LogP contribution in [0.4, 0.5) is 4.39 Å². The number of hydrogen-bond acceptors (Lipinski definition) is 5. The number of nitrogens with zero attached hydrogens (tertiary/aromatic N) is 2. The molecule has 3 aromatic carbocycles. The minimum Gasteiger partial charge on any atom is -0.489 e. The number of ether oxygens (including phenoxy) is 1. The van der Waals surface area contributed by atoms with Gasteiger partial charge in [-0.1, -0.05) is 42.5 Å². The van der Waals surface area contributed by atoms with Gasteiger partial charge in [-0.25, -0.2) is 4.39 Å². The van der Waals surface area contributed by atoms with Gasteiger partial charge >= 0.3 is 0 Å². The first kappa shape index (κ1) is 22.8. The van der Waals surface area contributed by atoms with Gasteiger partial charge in [0.2, 0.25) is 5.76 Å². The van der Waals surface area contributed by atoms with Crippen LogP contribution in [0.15, 0.2) is 82.0 Å². The van der Waals surface area contributed by atoms with Crippen LogP contribution >= 0.6 is 0 Å². The van der Waals surface area contributed by atoms with Crippen molar-refractivity contribution in [3.8, 4) is 5.75 Å². The lowest BCUT2D eigenvalue weighted by molar-refractivity contribution is 0.0716. The minimum absolute atomic E-state index is 0.0160. The first-order valence-corrected chi connectivity index (χ1v) is 11.4. The second kappa shape index (κ2) is 9.35. The predicted molar refractivity (Wildman–Crippen MR) is 131 cm³/mol. The van der Waals surface area contributed by atoms with E-state index in [2.05, 4.69) is 0 Å². The Morgan fingerprint density at radius 1 is 1.00 bits per heavy atom. The highest BCUT2D eigenvalue weighted by molar-refractivity contribution is 5.99. The van der Waals surface area contributed by atoms with E-state index >= 15 is 0 Å². The lowest BCUT2D eigenvalue weighted by atomic mass is 9.98. The number of carbonyl (C=O) groups excluding carboxylic acids is 1. The van der Waals surface area contributed by atoms with E-state index < -0.39 is 17.3 Å². The van der Waals surface area contributed by atoms with Gasteiger partial charge in [0.05, 0.1) is 17.0 Å². The van der Waals surface area contributed by atoms with Crippen LogP contribution in [0.1, 0.15) is 33.3 Å². The summed E-state index contributed by atoms with van der Waals surface area (Å²) in [5.41, 5.74) is 1.85. The van der Waals surface area contributed by atoms with Gasteiger partial charge < -0.3 is 19.0 Å². The lowest BCUT2D eigenvalue weighted by Gasteiger charge is -2.26. The van der Waals surface area contributed by atoms with Gasteiger partial charge in [0, 0.05) is 13.1 Å². The zero-order chi connectivity index (χ0) is 24.5. The fourth-order valence-corrected chi connectivity index (χ4v) is 4.36. The van der Waals surface area contributed by atoms with Crippen LogP contribution in [0.2, 0.25) is 0 Å². The molecule has 1 aliphatic heterocycles. The Bertz CT molecular complexity index is 1430. The Kier molecular flexibility index (Phi) is 6.09. The van der Waals surface area contributed by atoms with Crippen LogP contribution in [-0.4, -0.2) is 42.9 Å². The van der Waals surface area contributed by atoms with Gasteiger partial charge in [0.25, 0.3) is 5.91 Å². The van der Waals surface area contributed by atoms with Gasteiger partial charge in [-0.05, 0) is 55.6 Å². The summed E-state index contributed by atoms with van der Waals surface area (Å²) in [6.45, 7) is 1.44. The highest BCUT2D eigenvalue weighted by Gasteiger charge is 2.42. The summed E-state index contributed by atoms with van der Waals surface area (Å²) in [7, 11) is 3.84. The van der Waals surface area contributed by atoms with Crippen LogP contribution in [0, 0.1) is 5.82 Å². The molecule has 1 aliphatic rings. The first-order chi connectivity index (χ1) is 16.9. The van der Waals surface area contributed by atoms with E-state index in [1.54, 1.807) is 4.90 Å². The number of benzene rings is 3. The number of amides is 1. The summed E-state index contributed by atoms with van der Waals surface area (Å²) in [6.07, 6.45) is 0. The number of fused-ring (bicyclic) bond motifs is 2. The third-order valence-electron chi connectivity index (χ3n) is 6.16. The molecular weight excluding hydrogens is 447 g/mol. The summed E-state index contributed by atoms with van der Waals surface area (Å²) in [5, 5.41) is 0.124. The number of carbonyl (C=O) groups is 1. The number of halogens is 1. The molecule has 178 valence electrons. The molecule has 0 saturated heterocycles. The highest BCUT2D eigenvalue weighted by atomic mass is 19.1. The molecular formula is C28H25FN2O4. The molecule has 0 saturated carbocycles. The minimum atomic E-state index is -0.635. The van der Waals surface area contributed by atoms with E-state index in [0.717, 1.165) is 17.2 Å². The number of hydrogen-bond donors (Lipinski definition) is 0. The van der Waals surface area contributed by atoms with Crippen LogP contribution < -0.4 is 10.2 Å². The number of likely N-dealkylation sites (N-methyl/N-ethyl adjacent to an activating group) is 1. The molecule has 1 amide bonds. The maximum absolute atomic E-state index is 13.9. The Labute approximate surface area is 202 Å². The van der Waals surface area contributed by atoms with Crippen molar-refractivity contribution in [2.24, 2.45) is 0 Å². The van der Waals surface area contributed by atoms with Crippen molar-refractivity contribution in [1.29, 1.82) is 0 Å². The Balaban J connectivity index is 1.52. The molecule has 0 spiro atoms. The van der Waals surface area contributed by atoms with Gasteiger partial charge in [-0.2, -0.15) is 0 Å². The normalized spacial score (nSPS) is 15.1. The summed E-state index contributed by atoms with van der Waals surface area (Å²) >= 11 is 0. The maximum Gasteiger partial charge on any atom is 0.290 e. The largest absolute Gasteiger partial charge is 0.489 e. The molecule has 5 rings (SSSR count). The topological polar surface area (TPSA) is 63.0 Å². The van der Waals surface area contributed by atoms with Crippen molar-refractivity contribution in [3.63, 3.8) is 0 Å². The van der Waals surface area contributed by atoms with Crippen molar-refractivity contribution >= 4 is 16.9 Å². The molecule has 6 nitrogen and oxygen atoms in total. The summed E-state index contributed by atoms with van der Waals surface area (Å²) in [5.74, 6) is -0.188. The van der Waals surface area contributed by atoms with Crippen molar-refractivity contribution in [3.05, 3.63) is 111 Å². The molecule has 2 heterocycles. The zero-order valence-electron chi connectivity index (χ0n) is 19.5. The molecule has 4 aromatic rings. The smallest absolute Gasteiger partial charge is 0.290 e. The van der Waals surface area contributed by atoms with Crippen molar-refractivity contribution in [1.82, 2.24) is 9.80 Å². The quantitative estimate of drug-likeness (QED) is 0.393. The molecule has 1 unspecified atom stereocenters. The maximum atomic E-state index is 13.9. The van der Waals surface area contributed by atoms with Gasteiger partial charge in [0.1, 0.15) is 23.8 Å². The second-order valence-corrected chi connectivity index (χ2v) is 8.86. The van der Waals surface area contributed by atoms with E-state index in [9.17, 15) is 14.0 Å². The average molecular weight is 473 g/mol. The van der Waals surface area contributed by atoms with Crippen molar-refractivity contribution in [2.75, 3.05) is 27.2 Å². The zero-order valence-corrected chi connectivity index (χ0v) is 19.5. The van der Waals surface area contributed by atoms with Gasteiger partial charge in [-0.15, -0.1) is 0 Å².